The van der Waals surface area contributed by atoms with E-state index in [1.165, 1.54) is 10.4 Å². The standard InChI is InChI=1S/C10H18N2OS/c1-9-2-7-14-10(9)8-12-4-3-11-5-6-13/h2,7,11-13H,3-6,8H2,1H3. The summed E-state index contributed by atoms with van der Waals surface area (Å²) in [6.07, 6.45) is 0. The zero-order valence-corrected chi connectivity index (χ0v) is 9.36. The summed E-state index contributed by atoms with van der Waals surface area (Å²) in [5, 5.41) is 17.1. The molecule has 1 aromatic heterocycles. The fourth-order valence-electron chi connectivity index (χ4n) is 1.17. The largest absolute Gasteiger partial charge is 0.395 e. The minimum atomic E-state index is 0.212. The molecule has 0 aromatic carbocycles. The van der Waals surface area contributed by atoms with Crippen molar-refractivity contribution < 1.29 is 5.11 Å². The molecule has 3 N–H and O–H groups in total. The average Bonchev–Trinajstić information content (AvgIpc) is 2.58. The smallest absolute Gasteiger partial charge is 0.0555 e. The van der Waals surface area contributed by atoms with Crippen LogP contribution in [0.25, 0.3) is 0 Å². The number of nitrogens with one attached hydrogen (secondary N) is 2. The highest BCUT2D eigenvalue weighted by molar-refractivity contribution is 7.10. The molecule has 0 spiro atoms. The number of rotatable bonds is 7. The first-order valence-electron chi connectivity index (χ1n) is 4.90. The van der Waals surface area contributed by atoms with Crippen molar-refractivity contribution in [3.63, 3.8) is 0 Å². The minimum Gasteiger partial charge on any atom is -0.395 e. The molecule has 0 saturated carbocycles. The number of thiophene rings is 1. The van der Waals surface area contributed by atoms with Gasteiger partial charge in [-0.05, 0) is 23.9 Å². The second kappa shape index (κ2) is 6.95. The van der Waals surface area contributed by atoms with Crippen LogP contribution in [-0.2, 0) is 6.54 Å². The molecule has 0 fully saturated rings. The van der Waals surface area contributed by atoms with Crippen molar-refractivity contribution >= 4 is 11.3 Å². The summed E-state index contributed by atoms with van der Waals surface area (Å²) < 4.78 is 0. The number of hydrogen-bond acceptors (Lipinski definition) is 4. The monoisotopic (exact) mass is 214 g/mol. The molecular weight excluding hydrogens is 196 g/mol. The molecule has 80 valence electrons. The van der Waals surface area contributed by atoms with Gasteiger partial charge in [-0.25, -0.2) is 0 Å². The van der Waals surface area contributed by atoms with E-state index in [2.05, 4.69) is 29.0 Å². The summed E-state index contributed by atoms with van der Waals surface area (Å²) in [5.41, 5.74) is 1.37. The van der Waals surface area contributed by atoms with Crippen LogP contribution in [0.1, 0.15) is 10.4 Å². The Balaban J connectivity index is 2.02. The van der Waals surface area contributed by atoms with E-state index in [0.717, 1.165) is 19.6 Å². The van der Waals surface area contributed by atoms with Gasteiger partial charge < -0.3 is 15.7 Å². The van der Waals surface area contributed by atoms with Crippen LogP contribution >= 0.6 is 11.3 Å². The lowest BCUT2D eigenvalue weighted by atomic mass is 10.3. The summed E-state index contributed by atoms with van der Waals surface area (Å²) in [5.74, 6) is 0. The van der Waals surface area contributed by atoms with Gasteiger partial charge in [-0.15, -0.1) is 11.3 Å². The molecule has 4 heteroatoms. The molecule has 1 heterocycles. The Morgan fingerprint density at radius 2 is 2.07 bits per heavy atom. The van der Waals surface area contributed by atoms with Crippen LogP contribution < -0.4 is 10.6 Å². The van der Waals surface area contributed by atoms with Crippen LogP contribution in [0.15, 0.2) is 11.4 Å². The van der Waals surface area contributed by atoms with E-state index in [4.69, 9.17) is 5.11 Å². The Morgan fingerprint density at radius 3 is 2.71 bits per heavy atom. The SMILES string of the molecule is Cc1ccsc1CNCCNCCO. The van der Waals surface area contributed by atoms with Gasteiger partial charge >= 0.3 is 0 Å². The highest BCUT2D eigenvalue weighted by Gasteiger charge is 1.97. The molecule has 0 atom stereocenters. The third-order valence-corrected chi connectivity index (χ3v) is 3.04. The molecule has 0 amide bonds. The lowest BCUT2D eigenvalue weighted by Gasteiger charge is -2.04. The molecule has 0 unspecified atom stereocenters. The fraction of sp³-hybridized carbons (Fsp3) is 0.600. The summed E-state index contributed by atoms with van der Waals surface area (Å²) >= 11 is 1.79. The predicted octanol–water partition coefficient (Wildman–Crippen LogP) is 0.728. The van der Waals surface area contributed by atoms with E-state index in [0.29, 0.717) is 6.54 Å². The molecular formula is C10H18N2OS. The lowest BCUT2D eigenvalue weighted by molar-refractivity contribution is 0.292. The average molecular weight is 214 g/mol. The van der Waals surface area contributed by atoms with Crippen LogP contribution in [0.5, 0.6) is 0 Å². The molecule has 0 aliphatic carbocycles. The Morgan fingerprint density at radius 1 is 1.29 bits per heavy atom. The fourth-order valence-corrected chi connectivity index (χ4v) is 2.04. The molecule has 1 rings (SSSR count). The van der Waals surface area contributed by atoms with Crippen molar-refractivity contribution in [3.05, 3.63) is 21.9 Å². The molecule has 0 aliphatic heterocycles. The van der Waals surface area contributed by atoms with E-state index in [9.17, 15) is 0 Å². The van der Waals surface area contributed by atoms with Gasteiger partial charge in [-0.2, -0.15) is 0 Å². The van der Waals surface area contributed by atoms with Gasteiger partial charge in [0.1, 0.15) is 0 Å². The van der Waals surface area contributed by atoms with Gasteiger partial charge in [-0.1, -0.05) is 0 Å². The normalized spacial score (nSPS) is 10.7. The highest BCUT2D eigenvalue weighted by Crippen LogP contribution is 2.14. The summed E-state index contributed by atoms with van der Waals surface area (Å²) in [4.78, 5) is 1.41. The van der Waals surface area contributed by atoms with Crippen molar-refractivity contribution in [1.82, 2.24) is 10.6 Å². The topological polar surface area (TPSA) is 44.3 Å². The maximum atomic E-state index is 8.53. The number of aliphatic hydroxyl groups excluding tert-OH is 1. The van der Waals surface area contributed by atoms with Gasteiger partial charge in [0, 0.05) is 31.1 Å². The van der Waals surface area contributed by atoms with E-state index >= 15 is 0 Å². The van der Waals surface area contributed by atoms with Crippen LogP contribution in [0, 0.1) is 6.92 Å². The van der Waals surface area contributed by atoms with Crippen molar-refractivity contribution in [1.29, 1.82) is 0 Å². The number of aryl methyl sites for hydroxylation is 1. The Kier molecular flexibility index (Phi) is 5.78. The second-order valence-electron chi connectivity index (χ2n) is 3.18. The van der Waals surface area contributed by atoms with Crippen molar-refractivity contribution in [2.24, 2.45) is 0 Å². The molecule has 0 aliphatic rings. The molecule has 3 nitrogen and oxygen atoms in total. The Bertz CT molecular complexity index is 250. The first-order chi connectivity index (χ1) is 6.84. The van der Waals surface area contributed by atoms with E-state index in [1.54, 1.807) is 11.3 Å². The third-order valence-electron chi connectivity index (χ3n) is 2.02. The summed E-state index contributed by atoms with van der Waals surface area (Å²) in [7, 11) is 0. The van der Waals surface area contributed by atoms with Crippen LogP contribution in [-0.4, -0.2) is 31.3 Å². The first kappa shape index (κ1) is 11.7. The molecule has 1 aromatic rings. The maximum Gasteiger partial charge on any atom is 0.0555 e. The lowest BCUT2D eigenvalue weighted by Crippen LogP contribution is -2.28. The van der Waals surface area contributed by atoms with Gasteiger partial charge in [0.25, 0.3) is 0 Å². The Hall–Kier alpha value is -0.420. The summed E-state index contributed by atoms with van der Waals surface area (Å²) in [6.45, 7) is 5.83. The van der Waals surface area contributed by atoms with Crippen molar-refractivity contribution in [2.75, 3.05) is 26.2 Å². The number of aliphatic hydroxyl groups is 1. The zero-order valence-electron chi connectivity index (χ0n) is 8.55. The van der Waals surface area contributed by atoms with Gasteiger partial charge in [0.15, 0.2) is 0 Å². The molecule has 0 bridgehead atoms. The van der Waals surface area contributed by atoms with Crippen LogP contribution in [0.4, 0.5) is 0 Å². The number of hydrogen-bond donors (Lipinski definition) is 3. The minimum absolute atomic E-state index is 0.212. The second-order valence-corrected chi connectivity index (χ2v) is 4.18. The molecule has 0 saturated heterocycles. The van der Waals surface area contributed by atoms with Crippen LogP contribution in [0.3, 0.4) is 0 Å². The summed E-state index contributed by atoms with van der Waals surface area (Å²) in [6, 6.07) is 2.14. The van der Waals surface area contributed by atoms with Gasteiger partial charge in [0.2, 0.25) is 0 Å². The Labute approximate surface area is 89.2 Å². The first-order valence-corrected chi connectivity index (χ1v) is 5.78. The zero-order chi connectivity index (χ0) is 10.2. The van der Waals surface area contributed by atoms with E-state index in [-0.39, 0.29) is 6.61 Å². The predicted molar refractivity (Wildman–Crippen MR) is 60.7 cm³/mol. The van der Waals surface area contributed by atoms with Gasteiger partial charge in [-0.3, -0.25) is 0 Å². The van der Waals surface area contributed by atoms with E-state index < -0.39 is 0 Å². The molecule has 0 radical (unpaired) electrons. The van der Waals surface area contributed by atoms with Crippen molar-refractivity contribution in [2.45, 2.75) is 13.5 Å². The highest BCUT2D eigenvalue weighted by atomic mass is 32.1. The third kappa shape index (κ3) is 4.19. The maximum absolute atomic E-state index is 8.53. The van der Waals surface area contributed by atoms with Gasteiger partial charge in [0.05, 0.1) is 6.61 Å². The molecule has 14 heavy (non-hydrogen) atoms. The van der Waals surface area contributed by atoms with E-state index in [1.807, 2.05) is 0 Å². The van der Waals surface area contributed by atoms with Crippen molar-refractivity contribution in [3.8, 4) is 0 Å². The quantitative estimate of drug-likeness (QED) is 0.586. The van der Waals surface area contributed by atoms with Crippen LogP contribution in [0.2, 0.25) is 0 Å².